The lowest BCUT2D eigenvalue weighted by Crippen LogP contribution is -2.47. The number of aromatic nitrogens is 2. The summed E-state index contributed by atoms with van der Waals surface area (Å²) in [5, 5.41) is 10.1. The average molecular weight is 464 g/mol. The van der Waals surface area contributed by atoms with Crippen LogP contribution in [-0.4, -0.2) is 54.8 Å². The molecule has 1 aliphatic rings. The summed E-state index contributed by atoms with van der Waals surface area (Å²) in [6.45, 7) is 5.19. The Hall–Kier alpha value is -3.21. The van der Waals surface area contributed by atoms with Crippen LogP contribution in [0.1, 0.15) is 37.4 Å². The molecule has 1 aromatic carbocycles. The first kappa shape index (κ1) is 25.1. The normalized spacial score (nSPS) is 15.3. The Labute approximate surface area is 188 Å². The lowest BCUT2D eigenvalue weighted by Gasteiger charge is -2.30. The van der Waals surface area contributed by atoms with Gasteiger partial charge in [0.15, 0.2) is 9.84 Å². The third kappa shape index (κ3) is 5.94. The summed E-state index contributed by atoms with van der Waals surface area (Å²) in [6, 6.07) is 5.14. The van der Waals surface area contributed by atoms with E-state index in [1.54, 1.807) is 37.7 Å². The average Bonchev–Trinajstić information content (AvgIpc) is 2.75. The Morgan fingerprint density at radius 1 is 1.38 bits per heavy atom. The van der Waals surface area contributed by atoms with Crippen LogP contribution in [-0.2, 0) is 14.6 Å². The summed E-state index contributed by atoms with van der Waals surface area (Å²) < 4.78 is 34.2. The van der Waals surface area contributed by atoms with Crippen LogP contribution in [0.5, 0.6) is 11.6 Å². The van der Waals surface area contributed by atoms with Gasteiger partial charge in [0.1, 0.15) is 16.3 Å². The number of benzene rings is 1. The van der Waals surface area contributed by atoms with Gasteiger partial charge in [-0.3, -0.25) is 15.2 Å². The quantitative estimate of drug-likeness (QED) is 0.320. The van der Waals surface area contributed by atoms with Crippen LogP contribution in [0.4, 0.5) is 5.69 Å². The van der Waals surface area contributed by atoms with E-state index in [-0.39, 0.29) is 17.5 Å². The Balaban J connectivity index is 0.000000336. The van der Waals surface area contributed by atoms with Gasteiger partial charge in [-0.2, -0.15) is 0 Å². The van der Waals surface area contributed by atoms with Gasteiger partial charge in [0.2, 0.25) is 12.3 Å². The summed E-state index contributed by atoms with van der Waals surface area (Å²) in [6.07, 6.45) is 4.37. The molecular weight excluding hydrogens is 434 g/mol. The molecule has 1 aliphatic heterocycles. The molecule has 0 aliphatic carbocycles. The second-order valence-corrected chi connectivity index (χ2v) is 10.3. The number of carbonyl (C=O) groups excluding carboxylic acids is 1. The largest absolute Gasteiger partial charge is 0.493 e. The molecule has 0 saturated carbocycles. The molecule has 2 aromatic rings. The number of hydrogen-bond donors (Lipinski definition) is 3. The van der Waals surface area contributed by atoms with Gasteiger partial charge in [-0.15, -0.1) is 0 Å². The van der Waals surface area contributed by atoms with Crippen LogP contribution in [0.15, 0.2) is 30.6 Å². The molecule has 174 valence electrons. The van der Waals surface area contributed by atoms with E-state index in [4.69, 9.17) is 20.6 Å². The predicted octanol–water partition coefficient (Wildman–Crippen LogP) is 2.04. The van der Waals surface area contributed by atoms with E-state index in [9.17, 15) is 13.2 Å². The minimum atomic E-state index is -3.62. The first-order chi connectivity index (χ1) is 15.0. The number of amidine groups is 1. The molecule has 11 heteroatoms. The fourth-order valence-corrected chi connectivity index (χ4v) is 4.55. The number of hydrogen-bond acceptors (Lipinski definition) is 8. The molecule has 2 heterocycles. The van der Waals surface area contributed by atoms with Crippen LogP contribution in [0.25, 0.3) is 0 Å². The number of nitrogens with zero attached hydrogens (tertiary/aromatic N) is 2. The van der Waals surface area contributed by atoms with Gasteiger partial charge in [0.25, 0.3) is 0 Å². The van der Waals surface area contributed by atoms with Crippen LogP contribution >= 0.6 is 0 Å². The maximum atomic E-state index is 12.6. The van der Waals surface area contributed by atoms with Gasteiger partial charge in [0, 0.05) is 17.2 Å². The van der Waals surface area contributed by atoms with Crippen molar-refractivity contribution in [3.8, 4) is 11.6 Å². The minimum Gasteiger partial charge on any atom is -0.493 e. The molecular formula is C21H29N5O5S. The molecule has 0 bridgehead atoms. The highest BCUT2D eigenvalue weighted by molar-refractivity contribution is 7.93. The molecule has 32 heavy (non-hydrogen) atoms. The molecule has 0 saturated heterocycles. The van der Waals surface area contributed by atoms with Gasteiger partial charge in [0.05, 0.1) is 37.6 Å². The highest BCUT2D eigenvalue weighted by Gasteiger charge is 2.40. The SMILES string of the molecule is CC(C)(C(=N)N)S(=O)(=O)CC1CCOc2ccc(NC=O)cc21.COc1cnc(C)cn1. The van der Waals surface area contributed by atoms with Gasteiger partial charge >= 0.3 is 0 Å². The fraction of sp³-hybridized carbons (Fsp3) is 0.429. The number of aryl methyl sites for hydroxylation is 1. The van der Waals surface area contributed by atoms with E-state index in [1.165, 1.54) is 13.8 Å². The summed E-state index contributed by atoms with van der Waals surface area (Å²) in [4.78, 5) is 18.5. The number of fused-ring (bicyclic) bond motifs is 1. The summed E-state index contributed by atoms with van der Waals surface area (Å²) in [5.41, 5.74) is 7.67. The Kier molecular flexibility index (Phi) is 8.14. The van der Waals surface area contributed by atoms with Crippen molar-refractivity contribution in [2.75, 3.05) is 24.8 Å². The number of rotatable bonds is 7. The molecule has 1 unspecified atom stereocenters. The van der Waals surface area contributed by atoms with Crippen LogP contribution in [0.2, 0.25) is 0 Å². The Morgan fingerprint density at radius 2 is 2.09 bits per heavy atom. The number of ether oxygens (including phenoxy) is 2. The number of amides is 1. The summed E-state index contributed by atoms with van der Waals surface area (Å²) >= 11 is 0. The molecule has 3 rings (SSSR count). The summed E-state index contributed by atoms with van der Waals surface area (Å²) in [5.74, 6) is 0.409. The van der Waals surface area contributed by atoms with E-state index in [0.29, 0.717) is 36.8 Å². The smallest absolute Gasteiger partial charge is 0.231 e. The van der Waals surface area contributed by atoms with Crippen molar-refractivity contribution in [2.45, 2.75) is 37.9 Å². The van der Waals surface area contributed by atoms with Crippen molar-refractivity contribution < 1.29 is 22.7 Å². The highest BCUT2D eigenvalue weighted by atomic mass is 32.2. The number of nitrogens with two attached hydrogens (primary N) is 1. The summed E-state index contributed by atoms with van der Waals surface area (Å²) in [7, 11) is -2.05. The second-order valence-electron chi connectivity index (χ2n) is 7.75. The van der Waals surface area contributed by atoms with E-state index in [0.717, 1.165) is 11.3 Å². The zero-order chi connectivity index (χ0) is 23.9. The zero-order valence-corrected chi connectivity index (χ0v) is 19.4. The topological polar surface area (TPSA) is 157 Å². The predicted molar refractivity (Wildman–Crippen MR) is 122 cm³/mol. The van der Waals surface area contributed by atoms with E-state index < -0.39 is 14.6 Å². The first-order valence-corrected chi connectivity index (χ1v) is 11.5. The monoisotopic (exact) mass is 463 g/mol. The molecule has 4 N–H and O–H groups in total. The first-order valence-electron chi connectivity index (χ1n) is 9.88. The molecule has 1 atom stereocenters. The van der Waals surface area contributed by atoms with Crippen molar-refractivity contribution in [1.82, 2.24) is 9.97 Å². The second kappa shape index (κ2) is 10.4. The fourth-order valence-electron chi connectivity index (χ4n) is 2.92. The Morgan fingerprint density at radius 3 is 2.66 bits per heavy atom. The molecule has 1 amide bonds. The maximum Gasteiger partial charge on any atom is 0.231 e. The third-order valence-electron chi connectivity index (χ3n) is 5.21. The number of nitrogens with one attached hydrogen (secondary N) is 2. The minimum absolute atomic E-state index is 0.125. The van der Waals surface area contributed by atoms with Crippen LogP contribution in [0.3, 0.4) is 0 Å². The lowest BCUT2D eigenvalue weighted by molar-refractivity contribution is -0.105. The van der Waals surface area contributed by atoms with E-state index in [1.807, 2.05) is 6.92 Å². The molecule has 10 nitrogen and oxygen atoms in total. The number of carbonyl (C=O) groups is 1. The maximum absolute atomic E-state index is 12.6. The number of anilines is 1. The lowest BCUT2D eigenvalue weighted by atomic mass is 9.94. The molecule has 0 spiro atoms. The molecule has 0 radical (unpaired) electrons. The van der Waals surface area contributed by atoms with Gasteiger partial charge in [-0.05, 0) is 45.4 Å². The van der Waals surface area contributed by atoms with E-state index in [2.05, 4.69) is 15.3 Å². The van der Waals surface area contributed by atoms with E-state index >= 15 is 0 Å². The molecule has 0 fully saturated rings. The number of sulfone groups is 1. The van der Waals surface area contributed by atoms with Crippen molar-refractivity contribution in [3.05, 3.63) is 41.9 Å². The standard InChI is InChI=1S/C15H21N3O4S.C6H8N2O/c1-15(2,14(16)17)23(20,21)8-10-5-6-22-13-4-3-11(18-9-19)7-12(10)13;1-5-3-8-6(9-2)4-7-5/h3-4,7,9-10H,5-6,8H2,1-2H3,(H3,16,17)(H,18,19);3-4H,1-2H3. The van der Waals surface area contributed by atoms with Crippen LogP contribution in [0, 0.1) is 12.3 Å². The molecule has 1 aromatic heterocycles. The van der Waals surface area contributed by atoms with Crippen molar-refractivity contribution in [2.24, 2.45) is 5.73 Å². The van der Waals surface area contributed by atoms with Crippen LogP contribution < -0.4 is 20.5 Å². The van der Waals surface area contributed by atoms with Crippen molar-refractivity contribution in [1.29, 1.82) is 5.41 Å². The highest BCUT2D eigenvalue weighted by Crippen LogP contribution is 2.37. The third-order valence-corrected chi connectivity index (χ3v) is 7.83. The number of methoxy groups -OCH3 is 1. The van der Waals surface area contributed by atoms with Gasteiger partial charge < -0.3 is 20.5 Å². The van der Waals surface area contributed by atoms with Crippen molar-refractivity contribution in [3.63, 3.8) is 0 Å². The van der Waals surface area contributed by atoms with Crippen molar-refractivity contribution >= 4 is 27.8 Å². The van der Waals surface area contributed by atoms with Gasteiger partial charge in [-0.25, -0.2) is 13.4 Å². The Bertz CT molecular complexity index is 1050. The van der Waals surface area contributed by atoms with Gasteiger partial charge in [-0.1, -0.05) is 0 Å². The zero-order valence-electron chi connectivity index (χ0n) is 18.6.